The zero-order valence-electron chi connectivity index (χ0n) is 19.1. The fraction of sp³-hybridized carbons (Fsp3) is 0.148. The fourth-order valence-electron chi connectivity index (χ4n) is 4.12. The summed E-state index contributed by atoms with van der Waals surface area (Å²) in [6.07, 6.45) is 5.70. The molecule has 0 aliphatic carbocycles. The van der Waals surface area contributed by atoms with E-state index >= 15 is 0 Å². The number of nitrogens with zero attached hydrogens (tertiary/aromatic N) is 6. The Morgan fingerprint density at radius 1 is 1.03 bits per heavy atom. The molecule has 0 N–H and O–H groups in total. The average molecular weight is 479 g/mol. The molecule has 172 valence electrons. The van der Waals surface area contributed by atoms with Crippen LogP contribution in [0.5, 0.6) is 0 Å². The number of benzene rings is 2. The highest BCUT2D eigenvalue weighted by molar-refractivity contribution is 7.99. The molecule has 7 nitrogen and oxygen atoms in total. The summed E-state index contributed by atoms with van der Waals surface area (Å²) in [7, 11) is 0. The van der Waals surface area contributed by atoms with Crippen molar-refractivity contribution < 1.29 is 4.79 Å². The van der Waals surface area contributed by atoms with E-state index in [9.17, 15) is 4.79 Å². The van der Waals surface area contributed by atoms with E-state index < -0.39 is 0 Å². The number of ketones is 1. The smallest absolute Gasteiger partial charge is 0.196 e. The lowest BCUT2D eigenvalue weighted by atomic mass is 10.1. The molecule has 0 saturated carbocycles. The first-order valence-electron chi connectivity index (χ1n) is 11.2. The number of fused-ring (bicyclic) bond motifs is 1. The molecule has 3 heterocycles. The zero-order chi connectivity index (χ0) is 24.2. The van der Waals surface area contributed by atoms with Gasteiger partial charge in [-0.1, -0.05) is 48.2 Å². The third kappa shape index (κ3) is 4.46. The predicted molar refractivity (Wildman–Crippen MR) is 137 cm³/mol. The number of hydrogen-bond donors (Lipinski definition) is 0. The Morgan fingerprint density at radius 2 is 1.80 bits per heavy atom. The van der Waals surface area contributed by atoms with E-state index in [-0.39, 0.29) is 11.5 Å². The normalized spacial score (nSPS) is 11.0. The van der Waals surface area contributed by atoms with Gasteiger partial charge in [-0.2, -0.15) is 5.26 Å². The second kappa shape index (κ2) is 9.95. The van der Waals surface area contributed by atoms with E-state index in [1.165, 1.54) is 11.8 Å². The molecule has 0 fully saturated rings. The van der Waals surface area contributed by atoms with Gasteiger partial charge in [0.25, 0.3) is 0 Å². The van der Waals surface area contributed by atoms with Crippen molar-refractivity contribution in [3.05, 3.63) is 90.4 Å². The Kier molecular flexibility index (Phi) is 6.42. The monoisotopic (exact) mass is 478 g/mol. The molecule has 0 spiro atoms. The summed E-state index contributed by atoms with van der Waals surface area (Å²) in [6, 6.07) is 21.8. The summed E-state index contributed by atoms with van der Waals surface area (Å²) < 4.78 is 3.98. The number of aryl methyl sites for hydroxylation is 2. The molecular formula is C27H22N6OS. The van der Waals surface area contributed by atoms with Gasteiger partial charge in [-0.15, -0.1) is 10.2 Å². The number of carbonyl (C=O) groups is 1. The minimum absolute atomic E-state index is 0.00621. The molecule has 0 aliphatic heterocycles. The van der Waals surface area contributed by atoms with Crippen LogP contribution in [0.2, 0.25) is 0 Å². The minimum atomic E-state index is 0.00621. The molecule has 35 heavy (non-hydrogen) atoms. The first kappa shape index (κ1) is 22.6. The van der Waals surface area contributed by atoms with Crippen LogP contribution < -0.4 is 0 Å². The van der Waals surface area contributed by atoms with Crippen molar-refractivity contribution in [1.82, 2.24) is 24.3 Å². The Bertz CT molecular complexity index is 1550. The average Bonchev–Trinajstić information content (AvgIpc) is 3.49. The van der Waals surface area contributed by atoms with E-state index in [0.717, 1.165) is 27.7 Å². The van der Waals surface area contributed by atoms with Gasteiger partial charge in [-0.05, 0) is 36.8 Å². The zero-order valence-corrected chi connectivity index (χ0v) is 19.9. The molecule has 2 aromatic carbocycles. The highest BCUT2D eigenvalue weighted by Gasteiger charge is 2.20. The van der Waals surface area contributed by atoms with Crippen molar-refractivity contribution in [3.8, 4) is 23.1 Å². The second-order valence-corrected chi connectivity index (χ2v) is 8.98. The molecule has 0 amide bonds. The first-order valence-corrected chi connectivity index (χ1v) is 12.2. The van der Waals surface area contributed by atoms with Gasteiger partial charge in [0.2, 0.25) is 0 Å². The topological polar surface area (TPSA) is 89.4 Å². The lowest BCUT2D eigenvalue weighted by molar-refractivity contribution is 0.102. The maximum absolute atomic E-state index is 13.3. The van der Waals surface area contributed by atoms with Crippen LogP contribution >= 0.6 is 11.8 Å². The van der Waals surface area contributed by atoms with Crippen LogP contribution in [0.15, 0.2) is 84.4 Å². The maximum atomic E-state index is 13.3. The lowest BCUT2D eigenvalue weighted by Gasteiger charge is -2.12. The van der Waals surface area contributed by atoms with Crippen molar-refractivity contribution in [3.63, 3.8) is 0 Å². The van der Waals surface area contributed by atoms with Gasteiger partial charge in [0, 0.05) is 47.2 Å². The molecule has 0 aliphatic rings. The number of pyridine rings is 1. The molecule has 0 bridgehead atoms. The van der Waals surface area contributed by atoms with Gasteiger partial charge in [0.05, 0.1) is 23.9 Å². The molecular weight excluding hydrogens is 456 g/mol. The number of nitriles is 1. The van der Waals surface area contributed by atoms with Gasteiger partial charge >= 0.3 is 0 Å². The number of rotatable bonds is 8. The van der Waals surface area contributed by atoms with Crippen LogP contribution in [0.1, 0.15) is 22.3 Å². The van der Waals surface area contributed by atoms with Crippen LogP contribution in [-0.2, 0) is 6.54 Å². The molecule has 0 saturated heterocycles. The summed E-state index contributed by atoms with van der Waals surface area (Å²) in [5.74, 6) is 0.920. The van der Waals surface area contributed by atoms with Gasteiger partial charge in [0.15, 0.2) is 16.8 Å². The first-order chi connectivity index (χ1) is 17.2. The summed E-state index contributed by atoms with van der Waals surface area (Å²) in [5, 5.41) is 19.4. The second-order valence-electron chi connectivity index (χ2n) is 8.04. The SMILES string of the molecule is Cc1ccccc1-n1c(SCC(=O)c2cn(CCC#N)c3ccccc23)nnc1-c1ccncc1. The van der Waals surface area contributed by atoms with Gasteiger partial charge < -0.3 is 4.57 Å². The summed E-state index contributed by atoms with van der Waals surface area (Å²) >= 11 is 1.37. The molecule has 0 unspecified atom stereocenters. The summed E-state index contributed by atoms with van der Waals surface area (Å²) in [4.78, 5) is 17.5. The van der Waals surface area contributed by atoms with Crippen LogP contribution in [-0.4, -0.2) is 35.9 Å². The Morgan fingerprint density at radius 3 is 2.60 bits per heavy atom. The largest absolute Gasteiger partial charge is 0.346 e. The van der Waals surface area contributed by atoms with E-state index in [1.807, 2.05) is 82.9 Å². The van der Waals surface area contributed by atoms with Crippen LogP contribution in [0.3, 0.4) is 0 Å². The third-order valence-corrected chi connectivity index (χ3v) is 6.74. The van der Waals surface area contributed by atoms with Gasteiger partial charge in [-0.25, -0.2) is 0 Å². The number of para-hydroxylation sites is 2. The Labute approximate surface area is 207 Å². The standard InChI is InChI=1S/C27H22N6OS/c1-19-7-2-4-9-23(19)33-26(20-11-14-29-15-12-20)30-31-27(33)35-18-25(34)22-17-32(16-6-13-28)24-10-5-3-8-21(22)24/h2-5,7-12,14-15,17H,6,16,18H2,1H3. The molecule has 8 heteroatoms. The van der Waals surface area contributed by atoms with Crippen LogP contribution in [0.25, 0.3) is 28.0 Å². The van der Waals surface area contributed by atoms with Crippen molar-refractivity contribution >= 4 is 28.4 Å². The number of aromatic nitrogens is 5. The molecule has 0 atom stereocenters. The Hall–Kier alpha value is -4.22. The van der Waals surface area contributed by atoms with E-state index in [2.05, 4.69) is 21.3 Å². The highest BCUT2D eigenvalue weighted by atomic mass is 32.2. The summed E-state index contributed by atoms with van der Waals surface area (Å²) in [5.41, 5.74) is 4.56. The van der Waals surface area contributed by atoms with Gasteiger partial charge in [0.1, 0.15) is 0 Å². The van der Waals surface area contributed by atoms with Crippen LogP contribution in [0, 0.1) is 18.3 Å². The van der Waals surface area contributed by atoms with Crippen LogP contribution in [0.4, 0.5) is 0 Å². The molecule has 5 rings (SSSR count). The minimum Gasteiger partial charge on any atom is -0.346 e. The van der Waals surface area contributed by atoms with Gasteiger partial charge in [-0.3, -0.25) is 14.3 Å². The summed E-state index contributed by atoms with van der Waals surface area (Å²) in [6.45, 7) is 2.59. The molecule has 5 aromatic rings. The van der Waals surface area contributed by atoms with Crippen molar-refractivity contribution in [1.29, 1.82) is 5.26 Å². The third-order valence-electron chi connectivity index (χ3n) is 5.81. The van der Waals surface area contributed by atoms with Crippen molar-refractivity contribution in [2.24, 2.45) is 0 Å². The number of thioether (sulfide) groups is 1. The van der Waals surface area contributed by atoms with Crippen molar-refractivity contribution in [2.45, 2.75) is 25.0 Å². The van der Waals surface area contributed by atoms with Crippen molar-refractivity contribution in [2.75, 3.05) is 5.75 Å². The fourth-order valence-corrected chi connectivity index (χ4v) is 4.94. The molecule has 0 radical (unpaired) electrons. The quantitative estimate of drug-likeness (QED) is 0.217. The maximum Gasteiger partial charge on any atom is 0.196 e. The number of Topliss-reactive ketones (excluding diaryl/α,β-unsaturated/α-hetero) is 1. The molecule has 3 aromatic heterocycles. The highest BCUT2D eigenvalue weighted by Crippen LogP contribution is 2.30. The Balaban J connectivity index is 1.48. The predicted octanol–water partition coefficient (Wildman–Crippen LogP) is 5.48. The number of carbonyl (C=O) groups excluding carboxylic acids is 1. The lowest BCUT2D eigenvalue weighted by Crippen LogP contribution is -2.06. The number of hydrogen-bond acceptors (Lipinski definition) is 6. The van der Waals surface area contributed by atoms with E-state index in [1.54, 1.807) is 12.4 Å². The van der Waals surface area contributed by atoms with E-state index in [0.29, 0.717) is 29.5 Å². The van der Waals surface area contributed by atoms with E-state index in [4.69, 9.17) is 5.26 Å².